The Morgan fingerprint density at radius 2 is 1.18 bits per heavy atom. The van der Waals surface area contributed by atoms with Gasteiger partial charge in [0.05, 0.1) is 10.7 Å². The summed E-state index contributed by atoms with van der Waals surface area (Å²) in [6.45, 7) is 0. The SMILES string of the molecule is O=C(O)C1CCC(SC(c2ccccc2)(c2ccccc2)c2ccccc2)C1. The van der Waals surface area contributed by atoms with Crippen LogP contribution in [0.25, 0.3) is 0 Å². The number of aliphatic carboxylic acids is 1. The van der Waals surface area contributed by atoms with Crippen molar-refractivity contribution < 1.29 is 9.90 Å². The van der Waals surface area contributed by atoms with Crippen LogP contribution in [0.4, 0.5) is 0 Å². The van der Waals surface area contributed by atoms with Gasteiger partial charge in [-0.3, -0.25) is 4.79 Å². The zero-order chi connectivity index (χ0) is 19.4. The average Bonchev–Trinajstić information content (AvgIpc) is 3.23. The van der Waals surface area contributed by atoms with Crippen LogP contribution in [-0.4, -0.2) is 16.3 Å². The maximum absolute atomic E-state index is 11.5. The quantitative estimate of drug-likeness (QED) is 0.529. The van der Waals surface area contributed by atoms with Crippen LogP contribution in [0.2, 0.25) is 0 Å². The standard InChI is InChI=1S/C25H24O2S/c26-24(27)19-16-17-23(18-19)28-25(20-10-4-1-5-11-20,21-12-6-2-7-13-21)22-14-8-3-9-15-22/h1-15,19,23H,16-18H2,(H,26,27). The Balaban J connectivity index is 1.85. The van der Waals surface area contributed by atoms with Crippen molar-refractivity contribution in [1.29, 1.82) is 0 Å². The van der Waals surface area contributed by atoms with E-state index in [0.717, 1.165) is 19.3 Å². The van der Waals surface area contributed by atoms with Crippen LogP contribution in [0, 0.1) is 5.92 Å². The topological polar surface area (TPSA) is 37.3 Å². The van der Waals surface area contributed by atoms with Gasteiger partial charge in [0.2, 0.25) is 0 Å². The molecular formula is C25H24O2S. The van der Waals surface area contributed by atoms with E-state index >= 15 is 0 Å². The normalized spacial score (nSPS) is 19.4. The largest absolute Gasteiger partial charge is 0.481 e. The fourth-order valence-corrected chi connectivity index (χ4v) is 6.14. The van der Waals surface area contributed by atoms with Crippen LogP contribution in [-0.2, 0) is 9.54 Å². The Kier molecular flexibility index (Phi) is 5.54. The van der Waals surface area contributed by atoms with Crippen molar-refractivity contribution in [2.45, 2.75) is 29.3 Å². The van der Waals surface area contributed by atoms with Crippen molar-refractivity contribution in [2.75, 3.05) is 0 Å². The third-order valence-corrected chi connectivity index (χ3v) is 7.44. The summed E-state index contributed by atoms with van der Waals surface area (Å²) in [6, 6.07) is 31.8. The Labute approximate surface area is 170 Å². The molecule has 0 bridgehead atoms. The minimum Gasteiger partial charge on any atom is -0.481 e. The predicted octanol–water partition coefficient (Wildman–Crippen LogP) is 5.97. The Morgan fingerprint density at radius 3 is 1.54 bits per heavy atom. The van der Waals surface area contributed by atoms with Gasteiger partial charge in [-0.2, -0.15) is 0 Å². The molecule has 1 fully saturated rings. The lowest BCUT2D eigenvalue weighted by atomic mass is 9.84. The van der Waals surface area contributed by atoms with Gasteiger partial charge in [0.15, 0.2) is 0 Å². The first-order valence-electron chi connectivity index (χ1n) is 9.77. The second-order valence-electron chi connectivity index (χ2n) is 7.37. The van der Waals surface area contributed by atoms with Crippen molar-refractivity contribution in [3.05, 3.63) is 108 Å². The summed E-state index contributed by atoms with van der Waals surface area (Å²) in [4.78, 5) is 11.5. The van der Waals surface area contributed by atoms with E-state index in [1.54, 1.807) is 0 Å². The second-order valence-corrected chi connectivity index (χ2v) is 8.88. The molecule has 0 amide bonds. The molecule has 3 aromatic rings. The maximum atomic E-state index is 11.5. The lowest BCUT2D eigenvalue weighted by Gasteiger charge is -2.37. The Bertz CT molecular complexity index is 812. The summed E-state index contributed by atoms with van der Waals surface area (Å²) in [5.41, 5.74) is 3.70. The van der Waals surface area contributed by atoms with Gasteiger partial charge >= 0.3 is 5.97 Å². The third kappa shape index (κ3) is 3.59. The second kappa shape index (κ2) is 8.24. The van der Waals surface area contributed by atoms with Gasteiger partial charge in [-0.05, 0) is 36.0 Å². The molecule has 3 heteroatoms. The van der Waals surface area contributed by atoms with Crippen molar-refractivity contribution in [3.8, 4) is 0 Å². The molecule has 0 aromatic heterocycles. The minimum atomic E-state index is -0.659. The first kappa shape index (κ1) is 18.8. The van der Waals surface area contributed by atoms with Crippen LogP contribution in [0.1, 0.15) is 36.0 Å². The van der Waals surface area contributed by atoms with E-state index in [0.29, 0.717) is 5.25 Å². The number of rotatable bonds is 6. The van der Waals surface area contributed by atoms with Gasteiger partial charge in [0.25, 0.3) is 0 Å². The fourth-order valence-electron chi connectivity index (χ4n) is 4.24. The molecular weight excluding hydrogens is 364 g/mol. The molecule has 2 atom stereocenters. The molecule has 4 rings (SSSR count). The molecule has 142 valence electrons. The van der Waals surface area contributed by atoms with E-state index in [1.807, 2.05) is 30.0 Å². The highest BCUT2D eigenvalue weighted by molar-refractivity contribution is 8.01. The lowest BCUT2D eigenvalue weighted by Crippen LogP contribution is -2.28. The van der Waals surface area contributed by atoms with Gasteiger partial charge in [0, 0.05) is 5.25 Å². The summed E-state index contributed by atoms with van der Waals surface area (Å²) in [5.74, 6) is -0.884. The summed E-state index contributed by atoms with van der Waals surface area (Å²) in [7, 11) is 0. The average molecular weight is 389 g/mol. The number of carboxylic acids is 1. The predicted molar refractivity (Wildman–Crippen MR) is 116 cm³/mol. The molecule has 0 spiro atoms. The number of thioether (sulfide) groups is 1. The highest BCUT2D eigenvalue weighted by Gasteiger charge is 2.42. The van der Waals surface area contributed by atoms with E-state index in [2.05, 4.69) is 72.8 Å². The molecule has 28 heavy (non-hydrogen) atoms. The summed E-state index contributed by atoms with van der Waals surface area (Å²) in [6.07, 6.45) is 2.44. The van der Waals surface area contributed by atoms with Gasteiger partial charge < -0.3 is 5.11 Å². The molecule has 2 nitrogen and oxygen atoms in total. The van der Waals surface area contributed by atoms with Crippen LogP contribution >= 0.6 is 11.8 Å². The van der Waals surface area contributed by atoms with Crippen LogP contribution < -0.4 is 0 Å². The van der Waals surface area contributed by atoms with Gasteiger partial charge in [-0.1, -0.05) is 91.0 Å². The molecule has 3 aromatic carbocycles. The van der Waals surface area contributed by atoms with Crippen LogP contribution in [0.5, 0.6) is 0 Å². The van der Waals surface area contributed by atoms with Gasteiger partial charge in [-0.15, -0.1) is 11.8 Å². The molecule has 0 saturated heterocycles. The third-order valence-electron chi connectivity index (χ3n) is 5.62. The van der Waals surface area contributed by atoms with E-state index in [9.17, 15) is 9.90 Å². The molecule has 2 unspecified atom stereocenters. The fraction of sp³-hybridized carbons (Fsp3) is 0.240. The summed E-state index contributed by atoms with van der Waals surface area (Å²) < 4.78 is -0.359. The zero-order valence-corrected chi connectivity index (χ0v) is 16.5. The van der Waals surface area contributed by atoms with E-state index in [1.165, 1.54) is 16.7 Å². The summed E-state index contributed by atoms with van der Waals surface area (Å²) in [5, 5.41) is 9.78. The first-order valence-corrected chi connectivity index (χ1v) is 10.7. The maximum Gasteiger partial charge on any atom is 0.306 e. The number of hydrogen-bond donors (Lipinski definition) is 1. The molecule has 0 aliphatic heterocycles. The van der Waals surface area contributed by atoms with E-state index < -0.39 is 5.97 Å². The highest BCUT2D eigenvalue weighted by atomic mass is 32.2. The lowest BCUT2D eigenvalue weighted by molar-refractivity contribution is -0.141. The number of carbonyl (C=O) groups is 1. The van der Waals surface area contributed by atoms with Crippen molar-refractivity contribution in [2.24, 2.45) is 5.92 Å². The van der Waals surface area contributed by atoms with Crippen molar-refractivity contribution in [3.63, 3.8) is 0 Å². The Hall–Kier alpha value is -2.52. The van der Waals surface area contributed by atoms with Crippen LogP contribution in [0.15, 0.2) is 91.0 Å². The molecule has 0 heterocycles. The van der Waals surface area contributed by atoms with Gasteiger partial charge in [-0.25, -0.2) is 0 Å². The molecule has 1 aliphatic carbocycles. The van der Waals surface area contributed by atoms with E-state index in [4.69, 9.17) is 0 Å². The van der Waals surface area contributed by atoms with Crippen molar-refractivity contribution in [1.82, 2.24) is 0 Å². The molecule has 1 N–H and O–H groups in total. The Morgan fingerprint density at radius 1 is 0.750 bits per heavy atom. The van der Waals surface area contributed by atoms with Crippen LogP contribution in [0.3, 0.4) is 0 Å². The molecule has 1 aliphatic rings. The monoisotopic (exact) mass is 388 g/mol. The minimum absolute atomic E-state index is 0.225. The van der Waals surface area contributed by atoms with Crippen molar-refractivity contribution >= 4 is 17.7 Å². The highest BCUT2D eigenvalue weighted by Crippen LogP contribution is 2.53. The number of carboxylic acid groups (broad SMARTS) is 1. The van der Waals surface area contributed by atoms with Gasteiger partial charge in [0.1, 0.15) is 0 Å². The number of benzene rings is 3. The summed E-state index contributed by atoms with van der Waals surface area (Å²) >= 11 is 1.92. The molecule has 1 saturated carbocycles. The smallest absolute Gasteiger partial charge is 0.306 e. The molecule has 0 radical (unpaired) electrons. The number of hydrogen-bond acceptors (Lipinski definition) is 2. The first-order chi connectivity index (χ1) is 13.7. The zero-order valence-electron chi connectivity index (χ0n) is 15.7. The van der Waals surface area contributed by atoms with E-state index in [-0.39, 0.29) is 10.7 Å².